The lowest BCUT2D eigenvalue weighted by Crippen LogP contribution is -2.06. The van der Waals surface area contributed by atoms with E-state index in [0.717, 1.165) is 6.07 Å². The van der Waals surface area contributed by atoms with Gasteiger partial charge in [0, 0.05) is 0 Å². The molecule has 16 heavy (non-hydrogen) atoms. The third-order valence-corrected chi connectivity index (χ3v) is 2.21. The Kier molecular flexibility index (Phi) is 4.17. The van der Waals surface area contributed by atoms with Crippen molar-refractivity contribution in [1.29, 1.82) is 0 Å². The van der Waals surface area contributed by atoms with Gasteiger partial charge in [-0.3, -0.25) is 4.79 Å². The number of halogens is 4. The van der Waals surface area contributed by atoms with Gasteiger partial charge in [0.25, 0.3) is 0 Å². The lowest BCUT2D eigenvalue weighted by molar-refractivity contribution is -0.136. The molecule has 0 fully saturated rings. The maximum Gasteiger partial charge on any atom is 0.387 e. The molecule has 1 N–H and O–H groups in total. The number of hydrogen-bond donors (Lipinski definition) is 1. The maximum absolute atomic E-state index is 13.2. The largest absolute Gasteiger partial charge is 0.481 e. The Morgan fingerprint density at radius 1 is 1.50 bits per heavy atom. The van der Waals surface area contributed by atoms with Crippen LogP contribution in [-0.2, 0) is 11.2 Å². The molecule has 0 aromatic heterocycles. The van der Waals surface area contributed by atoms with Crippen LogP contribution in [0, 0.1) is 5.82 Å². The standard InChI is InChI=1S/C9H6BrF3O3/c10-5-1-4(3-7(14)15)2-6(11)8(5)16-9(12)13/h1-2,9H,3H2,(H,14,15). The average molecular weight is 299 g/mol. The molecular formula is C9H6BrF3O3. The van der Waals surface area contributed by atoms with Crippen LogP contribution < -0.4 is 4.74 Å². The van der Waals surface area contributed by atoms with Crippen LogP contribution in [0.25, 0.3) is 0 Å². The summed E-state index contributed by atoms with van der Waals surface area (Å²) in [5.41, 5.74) is 0.151. The van der Waals surface area contributed by atoms with Gasteiger partial charge in [-0.1, -0.05) is 0 Å². The number of ether oxygens (including phenoxy) is 1. The smallest absolute Gasteiger partial charge is 0.387 e. The highest BCUT2D eigenvalue weighted by Crippen LogP contribution is 2.31. The molecule has 0 radical (unpaired) electrons. The molecule has 7 heteroatoms. The second-order valence-electron chi connectivity index (χ2n) is 2.84. The molecule has 0 saturated carbocycles. The minimum absolute atomic E-state index is 0.0518. The van der Waals surface area contributed by atoms with E-state index in [0.29, 0.717) is 0 Å². The van der Waals surface area contributed by atoms with Crippen molar-refractivity contribution in [2.75, 3.05) is 0 Å². The van der Waals surface area contributed by atoms with E-state index in [-0.39, 0.29) is 10.0 Å². The molecule has 3 nitrogen and oxygen atoms in total. The second kappa shape index (κ2) is 5.20. The highest BCUT2D eigenvalue weighted by molar-refractivity contribution is 9.10. The van der Waals surface area contributed by atoms with E-state index in [1.165, 1.54) is 6.07 Å². The van der Waals surface area contributed by atoms with Crippen molar-refractivity contribution in [3.8, 4) is 5.75 Å². The first-order chi connectivity index (χ1) is 7.40. The van der Waals surface area contributed by atoms with E-state index in [1.807, 2.05) is 0 Å². The molecule has 1 aromatic carbocycles. The van der Waals surface area contributed by atoms with Crippen molar-refractivity contribution in [2.45, 2.75) is 13.0 Å². The summed E-state index contributed by atoms with van der Waals surface area (Å²) < 4.78 is 40.9. The number of carboxylic acids is 1. The van der Waals surface area contributed by atoms with E-state index in [2.05, 4.69) is 20.7 Å². The number of rotatable bonds is 4. The fraction of sp³-hybridized carbons (Fsp3) is 0.222. The topological polar surface area (TPSA) is 46.5 Å². The molecule has 1 rings (SSSR count). The van der Waals surface area contributed by atoms with Crippen molar-refractivity contribution in [3.05, 3.63) is 28.0 Å². The third-order valence-electron chi connectivity index (χ3n) is 1.62. The number of benzene rings is 1. The summed E-state index contributed by atoms with van der Waals surface area (Å²) in [5.74, 6) is -2.82. The highest BCUT2D eigenvalue weighted by atomic mass is 79.9. The molecule has 1 aromatic rings. The SMILES string of the molecule is O=C(O)Cc1cc(F)c(OC(F)F)c(Br)c1. The summed E-state index contributed by atoms with van der Waals surface area (Å²) in [7, 11) is 0. The number of hydrogen-bond acceptors (Lipinski definition) is 2. The molecule has 88 valence electrons. The zero-order valence-corrected chi connectivity index (χ0v) is 9.30. The van der Waals surface area contributed by atoms with Gasteiger partial charge in [-0.2, -0.15) is 8.78 Å². The molecule has 0 aliphatic heterocycles. The van der Waals surface area contributed by atoms with Gasteiger partial charge >= 0.3 is 12.6 Å². The molecule has 0 unspecified atom stereocenters. The van der Waals surface area contributed by atoms with E-state index in [4.69, 9.17) is 5.11 Å². The summed E-state index contributed by atoms with van der Waals surface area (Å²) in [6.45, 7) is -3.14. The molecule has 0 aliphatic carbocycles. The van der Waals surface area contributed by atoms with Crippen LogP contribution >= 0.6 is 15.9 Å². The van der Waals surface area contributed by atoms with E-state index in [9.17, 15) is 18.0 Å². The normalized spacial score (nSPS) is 10.6. The molecule has 0 heterocycles. The van der Waals surface area contributed by atoms with E-state index in [1.54, 1.807) is 0 Å². The minimum Gasteiger partial charge on any atom is -0.481 e. The molecular weight excluding hydrogens is 293 g/mol. The van der Waals surface area contributed by atoms with Crippen molar-refractivity contribution in [1.82, 2.24) is 0 Å². The molecule has 0 aliphatic rings. The number of aliphatic carboxylic acids is 1. The molecule has 0 spiro atoms. The van der Waals surface area contributed by atoms with Crippen LogP contribution in [0.2, 0.25) is 0 Å². The van der Waals surface area contributed by atoms with Crippen molar-refractivity contribution in [3.63, 3.8) is 0 Å². The van der Waals surface area contributed by atoms with E-state index >= 15 is 0 Å². The van der Waals surface area contributed by atoms with Gasteiger partial charge in [-0.15, -0.1) is 0 Å². The van der Waals surface area contributed by atoms with Crippen molar-refractivity contribution < 1.29 is 27.8 Å². The van der Waals surface area contributed by atoms with Gasteiger partial charge in [-0.05, 0) is 33.6 Å². The Hall–Kier alpha value is -1.24. The second-order valence-corrected chi connectivity index (χ2v) is 3.69. The van der Waals surface area contributed by atoms with Gasteiger partial charge in [-0.25, -0.2) is 4.39 Å². The fourth-order valence-electron chi connectivity index (χ4n) is 1.09. The monoisotopic (exact) mass is 298 g/mol. The Bertz CT molecular complexity index is 386. The van der Waals surface area contributed by atoms with Crippen LogP contribution in [0.3, 0.4) is 0 Å². The maximum atomic E-state index is 13.2. The molecule has 0 saturated heterocycles. The summed E-state index contributed by atoms with van der Waals surface area (Å²) in [5, 5.41) is 8.47. The first-order valence-electron chi connectivity index (χ1n) is 4.04. The minimum atomic E-state index is -3.14. The van der Waals surface area contributed by atoms with E-state index < -0.39 is 30.6 Å². The Morgan fingerprint density at radius 2 is 2.12 bits per heavy atom. The number of carbonyl (C=O) groups is 1. The van der Waals surface area contributed by atoms with Crippen LogP contribution in [-0.4, -0.2) is 17.7 Å². The zero-order chi connectivity index (χ0) is 12.3. The Balaban J connectivity index is 3.02. The van der Waals surface area contributed by atoms with Crippen LogP contribution in [0.5, 0.6) is 5.75 Å². The predicted octanol–water partition coefficient (Wildman–Crippen LogP) is 2.82. The highest BCUT2D eigenvalue weighted by Gasteiger charge is 2.15. The zero-order valence-electron chi connectivity index (χ0n) is 7.71. The quantitative estimate of drug-likeness (QED) is 0.930. The van der Waals surface area contributed by atoms with Gasteiger partial charge < -0.3 is 9.84 Å². The van der Waals surface area contributed by atoms with Crippen molar-refractivity contribution >= 4 is 21.9 Å². The third kappa shape index (κ3) is 3.41. The Morgan fingerprint density at radius 3 is 2.56 bits per heavy atom. The molecule has 0 atom stereocenters. The molecule has 0 bridgehead atoms. The van der Waals surface area contributed by atoms with Crippen LogP contribution in [0.4, 0.5) is 13.2 Å². The lowest BCUT2D eigenvalue weighted by Gasteiger charge is -2.09. The summed E-state index contributed by atoms with van der Waals surface area (Å²) >= 11 is 2.83. The predicted molar refractivity (Wildman–Crippen MR) is 52.1 cm³/mol. The van der Waals surface area contributed by atoms with Gasteiger partial charge in [0.05, 0.1) is 10.9 Å². The first kappa shape index (κ1) is 12.8. The molecule has 0 amide bonds. The summed E-state index contributed by atoms with van der Waals surface area (Å²) in [6, 6.07) is 2.06. The Labute approximate surface area is 97.0 Å². The summed E-state index contributed by atoms with van der Waals surface area (Å²) in [6.07, 6.45) is -0.398. The van der Waals surface area contributed by atoms with Crippen LogP contribution in [0.15, 0.2) is 16.6 Å². The van der Waals surface area contributed by atoms with Gasteiger partial charge in [0.1, 0.15) is 0 Å². The fourth-order valence-corrected chi connectivity index (χ4v) is 1.67. The van der Waals surface area contributed by atoms with Gasteiger partial charge in [0.2, 0.25) is 0 Å². The average Bonchev–Trinajstić information content (AvgIpc) is 2.10. The lowest BCUT2D eigenvalue weighted by atomic mass is 10.1. The van der Waals surface area contributed by atoms with Gasteiger partial charge in [0.15, 0.2) is 11.6 Å². The van der Waals surface area contributed by atoms with Crippen LogP contribution in [0.1, 0.15) is 5.56 Å². The summed E-state index contributed by atoms with van der Waals surface area (Å²) in [4.78, 5) is 10.4. The first-order valence-corrected chi connectivity index (χ1v) is 4.84. The number of alkyl halides is 2. The number of carboxylic acid groups (broad SMARTS) is 1. The van der Waals surface area contributed by atoms with Crippen molar-refractivity contribution in [2.24, 2.45) is 0 Å².